The van der Waals surface area contributed by atoms with E-state index < -0.39 is 0 Å². The van der Waals surface area contributed by atoms with E-state index in [0.717, 1.165) is 19.5 Å². The highest BCUT2D eigenvalue weighted by molar-refractivity contribution is 5.28. The molecule has 1 N–H and O–H groups in total. The zero-order chi connectivity index (χ0) is 12.3. The molecule has 3 heteroatoms. The van der Waals surface area contributed by atoms with Crippen LogP contribution in [0, 0.1) is 11.3 Å². The lowest BCUT2D eigenvalue weighted by molar-refractivity contribution is 0.186. The minimum absolute atomic E-state index is 0.00471. The third-order valence-electron chi connectivity index (χ3n) is 3.55. The van der Waals surface area contributed by atoms with Crippen LogP contribution in [-0.2, 0) is 0 Å². The van der Waals surface area contributed by atoms with Crippen molar-refractivity contribution in [1.29, 1.82) is 5.26 Å². The van der Waals surface area contributed by atoms with Crippen LogP contribution in [0.4, 0.5) is 0 Å². The molecule has 1 saturated heterocycles. The van der Waals surface area contributed by atoms with Crippen LogP contribution in [0.5, 0.6) is 5.75 Å². The van der Waals surface area contributed by atoms with Crippen LogP contribution in [0.15, 0.2) is 24.3 Å². The summed E-state index contributed by atoms with van der Waals surface area (Å²) in [6, 6.07) is 9.75. The van der Waals surface area contributed by atoms with Crippen LogP contribution in [0.2, 0.25) is 0 Å². The summed E-state index contributed by atoms with van der Waals surface area (Å²) in [6.45, 7) is 3.92. The smallest absolute Gasteiger partial charge is 0.115 e. The van der Waals surface area contributed by atoms with Gasteiger partial charge in [-0.05, 0) is 49.9 Å². The molecule has 1 aromatic rings. The van der Waals surface area contributed by atoms with E-state index in [9.17, 15) is 5.11 Å². The Morgan fingerprint density at radius 3 is 2.76 bits per heavy atom. The second kappa shape index (κ2) is 5.20. The SMILES string of the molecule is CC(C#N)N1CCCC(c2ccc(O)cc2)C1. The van der Waals surface area contributed by atoms with Crippen molar-refractivity contribution in [1.82, 2.24) is 4.90 Å². The molecule has 1 aliphatic rings. The molecule has 1 fully saturated rings. The van der Waals surface area contributed by atoms with Crippen molar-refractivity contribution in [3.63, 3.8) is 0 Å². The molecule has 0 radical (unpaired) electrons. The monoisotopic (exact) mass is 230 g/mol. The quantitative estimate of drug-likeness (QED) is 0.849. The molecule has 17 heavy (non-hydrogen) atoms. The van der Waals surface area contributed by atoms with Gasteiger partial charge in [-0.1, -0.05) is 12.1 Å². The molecule has 1 aliphatic heterocycles. The number of phenols is 1. The Morgan fingerprint density at radius 2 is 2.12 bits per heavy atom. The van der Waals surface area contributed by atoms with Gasteiger partial charge in [0.1, 0.15) is 5.75 Å². The predicted molar refractivity (Wildman–Crippen MR) is 66.7 cm³/mol. The summed E-state index contributed by atoms with van der Waals surface area (Å²) in [5, 5.41) is 18.2. The Labute approximate surface area is 102 Å². The normalized spacial score (nSPS) is 22.9. The average molecular weight is 230 g/mol. The maximum atomic E-state index is 9.28. The molecule has 0 aliphatic carbocycles. The van der Waals surface area contributed by atoms with Gasteiger partial charge in [0.15, 0.2) is 0 Å². The fourth-order valence-electron chi connectivity index (χ4n) is 2.46. The van der Waals surface area contributed by atoms with E-state index in [1.54, 1.807) is 12.1 Å². The van der Waals surface area contributed by atoms with Crippen LogP contribution in [0.25, 0.3) is 0 Å². The lowest BCUT2D eigenvalue weighted by Crippen LogP contribution is -2.39. The van der Waals surface area contributed by atoms with Gasteiger partial charge in [-0.25, -0.2) is 0 Å². The van der Waals surface area contributed by atoms with Crippen LogP contribution in [-0.4, -0.2) is 29.1 Å². The van der Waals surface area contributed by atoms with Crippen molar-refractivity contribution >= 4 is 0 Å². The van der Waals surface area contributed by atoms with Crippen molar-refractivity contribution in [2.45, 2.75) is 31.7 Å². The van der Waals surface area contributed by atoms with E-state index in [1.165, 1.54) is 12.0 Å². The Bertz CT molecular complexity index is 407. The highest BCUT2D eigenvalue weighted by Crippen LogP contribution is 2.28. The largest absolute Gasteiger partial charge is 0.508 e. The van der Waals surface area contributed by atoms with Gasteiger partial charge >= 0.3 is 0 Å². The van der Waals surface area contributed by atoms with Crippen molar-refractivity contribution in [3.8, 4) is 11.8 Å². The number of nitriles is 1. The van der Waals surface area contributed by atoms with E-state index >= 15 is 0 Å². The molecule has 2 rings (SSSR count). The van der Waals surface area contributed by atoms with E-state index in [2.05, 4.69) is 11.0 Å². The summed E-state index contributed by atoms with van der Waals surface area (Å²) in [7, 11) is 0. The molecule has 0 saturated carbocycles. The first-order valence-corrected chi connectivity index (χ1v) is 6.13. The first-order chi connectivity index (χ1) is 8.20. The first kappa shape index (κ1) is 11.9. The van der Waals surface area contributed by atoms with Crippen LogP contribution < -0.4 is 0 Å². The summed E-state index contributed by atoms with van der Waals surface area (Å²) >= 11 is 0. The molecule has 1 aromatic carbocycles. The van der Waals surface area contributed by atoms with Gasteiger partial charge < -0.3 is 5.11 Å². The topological polar surface area (TPSA) is 47.3 Å². The summed E-state index contributed by atoms with van der Waals surface area (Å²) in [5.41, 5.74) is 1.26. The number of nitrogens with zero attached hydrogens (tertiary/aromatic N) is 2. The Hall–Kier alpha value is -1.53. The Balaban J connectivity index is 2.07. The van der Waals surface area contributed by atoms with Crippen LogP contribution in [0.1, 0.15) is 31.2 Å². The first-order valence-electron chi connectivity index (χ1n) is 6.13. The van der Waals surface area contributed by atoms with E-state index in [1.807, 2.05) is 19.1 Å². The summed E-state index contributed by atoms with van der Waals surface area (Å²) < 4.78 is 0. The fraction of sp³-hybridized carbons (Fsp3) is 0.500. The van der Waals surface area contributed by atoms with Gasteiger partial charge in [-0.3, -0.25) is 4.90 Å². The van der Waals surface area contributed by atoms with Gasteiger partial charge in [0.05, 0.1) is 12.1 Å². The summed E-state index contributed by atoms with van der Waals surface area (Å²) in [6.07, 6.45) is 2.30. The number of rotatable bonds is 2. The number of hydrogen-bond acceptors (Lipinski definition) is 3. The molecule has 2 atom stereocenters. The zero-order valence-corrected chi connectivity index (χ0v) is 10.1. The van der Waals surface area contributed by atoms with Gasteiger partial charge in [0.25, 0.3) is 0 Å². The maximum absolute atomic E-state index is 9.28. The molecule has 0 spiro atoms. The number of aromatic hydroxyl groups is 1. The van der Waals surface area contributed by atoms with Crippen molar-refractivity contribution in [2.75, 3.05) is 13.1 Å². The number of hydrogen-bond donors (Lipinski definition) is 1. The number of benzene rings is 1. The van der Waals surface area contributed by atoms with Crippen molar-refractivity contribution in [2.24, 2.45) is 0 Å². The molecule has 0 bridgehead atoms. The molecule has 3 nitrogen and oxygen atoms in total. The molecule has 90 valence electrons. The van der Waals surface area contributed by atoms with Crippen molar-refractivity contribution < 1.29 is 5.11 Å². The maximum Gasteiger partial charge on any atom is 0.115 e. The fourth-order valence-corrected chi connectivity index (χ4v) is 2.46. The summed E-state index contributed by atoms with van der Waals surface area (Å²) in [4.78, 5) is 2.24. The minimum Gasteiger partial charge on any atom is -0.508 e. The number of piperidine rings is 1. The third kappa shape index (κ3) is 2.78. The Kier molecular flexibility index (Phi) is 3.65. The lowest BCUT2D eigenvalue weighted by atomic mass is 9.90. The zero-order valence-electron chi connectivity index (χ0n) is 10.1. The van der Waals surface area contributed by atoms with E-state index in [0.29, 0.717) is 11.7 Å². The highest BCUT2D eigenvalue weighted by atomic mass is 16.3. The van der Waals surface area contributed by atoms with Crippen molar-refractivity contribution in [3.05, 3.63) is 29.8 Å². The third-order valence-corrected chi connectivity index (χ3v) is 3.55. The van der Waals surface area contributed by atoms with Gasteiger partial charge in [0, 0.05) is 6.54 Å². The second-order valence-electron chi connectivity index (χ2n) is 4.73. The van der Waals surface area contributed by atoms with Crippen LogP contribution in [0.3, 0.4) is 0 Å². The standard InChI is InChI=1S/C14H18N2O/c1-11(9-15)16-8-2-3-13(10-16)12-4-6-14(17)7-5-12/h4-7,11,13,17H,2-3,8,10H2,1H3. The second-order valence-corrected chi connectivity index (χ2v) is 4.73. The molecular formula is C14H18N2O. The Morgan fingerprint density at radius 1 is 1.41 bits per heavy atom. The molecule has 2 unspecified atom stereocenters. The van der Waals surface area contributed by atoms with Gasteiger partial charge in [0.2, 0.25) is 0 Å². The van der Waals surface area contributed by atoms with Gasteiger partial charge in [-0.15, -0.1) is 0 Å². The molecule has 1 heterocycles. The summed E-state index contributed by atoms with van der Waals surface area (Å²) in [5.74, 6) is 0.798. The number of phenolic OH excluding ortho intramolecular Hbond substituents is 1. The highest BCUT2D eigenvalue weighted by Gasteiger charge is 2.24. The van der Waals surface area contributed by atoms with E-state index in [-0.39, 0.29) is 6.04 Å². The van der Waals surface area contributed by atoms with E-state index in [4.69, 9.17) is 5.26 Å². The molecule has 0 amide bonds. The average Bonchev–Trinajstić information content (AvgIpc) is 2.39. The molecule has 0 aromatic heterocycles. The van der Waals surface area contributed by atoms with Gasteiger partial charge in [-0.2, -0.15) is 5.26 Å². The lowest BCUT2D eigenvalue weighted by Gasteiger charge is -2.34. The van der Waals surface area contributed by atoms with Crippen LogP contribution >= 0.6 is 0 Å². The number of likely N-dealkylation sites (tertiary alicyclic amines) is 1. The minimum atomic E-state index is -0.00471. The molecular weight excluding hydrogens is 212 g/mol. The predicted octanol–water partition coefficient (Wildman–Crippen LogP) is 2.48.